The molecule has 0 atom stereocenters. The fraction of sp³-hybridized carbons (Fsp3) is 0.571. The first-order valence-electron chi connectivity index (χ1n) is 3.78. The molecule has 0 aliphatic heterocycles. The second kappa shape index (κ2) is 3.50. The Bertz CT molecular complexity index is 207. The molecule has 0 amide bonds. The van der Waals surface area contributed by atoms with E-state index in [0.29, 0.717) is 13.1 Å². The SMILES string of the molecule is CCc1nc(CN)c(CN)[nH]1. The highest BCUT2D eigenvalue weighted by atomic mass is 15.0. The van der Waals surface area contributed by atoms with Crippen LogP contribution in [0.3, 0.4) is 0 Å². The average molecular weight is 154 g/mol. The van der Waals surface area contributed by atoms with E-state index < -0.39 is 0 Å². The maximum atomic E-state index is 5.47. The highest BCUT2D eigenvalue weighted by Gasteiger charge is 2.04. The fourth-order valence-corrected chi connectivity index (χ4v) is 1.01. The van der Waals surface area contributed by atoms with Crippen LogP contribution >= 0.6 is 0 Å². The second-order valence-electron chi connectivity index (χ2n) is 2.37. The minimum absolute atomic E-state index is 0.461. The van der Waals surface area contributed by atoms with Crippen molar-refractivity contribution in [2.24, 2.45) is 11.5 Å². The van der Waals surface area contributed by atoms with Gasteiger partial charge < -0.3 is 16.5 Å². The summed E-state index contributed by atoms with van der Waals surface area (Å²) in [6.07, 6.45) is 0.896. The van der Waals surface area contributed by atoms with E-state index in [9.17, 15) is 0 Å². The number of hydrogen-bond donors (Lipinski definition) is 3. The van der Waals surface area contributed by atoms with Crippen LogP contribution in [0.25, 0.3) is 0 Å². The number of nitrogens with two attached hydrogens (primary N) is 2. The summed E-state index contributed by atoms with van der Waals surface area (Å²) in [5, 5.41) is 0. The van der Waals surface area contributed by atoms with Crippen molar-refractivity contribution in [3.05, 3.63) is 17.2 Å². The number of hydrogen-bond acceptors (Lipinski definition) is 3. The zero-order valence-electron chi connectivity index (χ0n) is 6.72. The molecule has 1 aromatic rings. The molecule has 0 bridgehead atoms. The van der Waals surface area contributed by atoms with Gasteiger partial charge in [-0.1, -0.05) is 6.92 Å². The van der Waals surface area contributed by atoms with E-state index in [1.807, 2.05) is 6.92 Å². The number of rotatable bonds is 3. The largest absolute Gasteiger partial charge is 0.345 e. The molecule has 0 saturated heterocycles. The van der Waals surface area contributed by atoms with Crippen molar-refractivity contribution >= 4 is 0 Å². The Hall–Kier alpha value is -0.870. The minimum Gasteiger partial charge on any atom is -0.345 e. The normalized spacial score (nSPS) is 10.5. The molecule has 1 rings (SSSR count). The van der Waals surface area contributed by atoms with Crippen LogP contribution in [0.4, 0.5) is 0 Å². The number of imidazole rings is 1. The van der Waals surface area contributed by atoms with Gasteiger partial charge in [-0.3, -0.25) is 0 Å². The van der Waals surface area contributed by atoms with Crippen molar-refractivity contribution in [1.82, 2.24) is 9.97 Å². The van der Waals surface area contributed by atoms with Crippen LogP contribution in [0, 0.1) is 0 Å². The molecule has 11 heavy (non-hydrogen) atoms. The molecule has 0 saturated carbocycles. The third kappa shape index (κ3) is 1.58. The molecule has 5 N–H and O–H groups in total. The number of aryl methyl sites for hydroxylation is 1. The van der Waals surface area contributed by atoms with E-state index in [2.05, 4.69) is 9.97 Å². The molecule has 4 nitrogen and oxygen atoms in total. The number of H-pyrrole nitrogens is 1. The lowest BCUT2D eigenvalue weighted by atomic mass is 10.3. The molecule has 1 aromatic heterocycles. The predicted octanol–water partition coefficient (Wildman–Crippen LogP) is -0.110. The van der Waals surface area contributed by atoms with Crippen molar-refractivity contribution in [2.45, 2.75) is 26.4 Å². The molecule has 0 spiro atoms. The maximum Gasteiger partial charge on any atom is 0.106 e. The Morgan fingerprint density at radius 3 is 2.45 bits per heavy atom. The highest BCUT2D eigenvalue weighted by Crippen LogP contribution is 2.04. The Morgan fingerprint density at radius 2 is 2.09 bits per heavy atom. The van der Waals surface area contributed by atoms with Gasteiger partial charge in [0.15, 0.2) is 0 Å². The lowest BCUT2D eigenvalue weighted by Gasteiger charge is -1.92. The van der Waals surface area contributed by atoms with E-state index in [1.165, 1.54) is 0 Å². The summed E-state index contributed by atoms with van der Waals surface area (Å²) in [5.41, 5.74) is 12.8. The van der Waals surface area contributed by atoms with Crippen molar-refractivity contribution in [3.8, 4) is 0 Å². The van der Waals surface area contributed by atoms with Crippen LogP contribution < -0.4 is 11.5 Å². The maximum absolute atomic E-state index is 5.47. The summed E-state index contributed by atoms with van der Waals surface area (Å²) in [4.78, 5) is 7.37. The predicted molar refractivity (Wildman–Crippen MR) is 43.7 cm³/mol. The number of nitrogens with one attached hydrogen (secondary N) is 1. The molecule has 62 valence electrons. The van der Waals surface area contributed by atoms with Crippen LogP contribution in [-0.4, -0.2) is 9.97 Å². The van der Waals surface area contributed by atoms with Gasteiger partial charge in [0.1, 0.15) is 5.82 Å². The molecule has 4 heteroatoms. The molecule has 0 fully saturated rings. The lowest BCUT2D eigenvalue weighted by Crippen LogP contribution is -2.05. The summed E-state index contributed by atoms with van der Waals surface area (Å²) in [7, 11) is 0. The Labute approximate surface area is 66.0 Å². The molecule has 0 unspecified atom stereocenters. The van der Waals surface area contributed by atoms with Gasteiger partial charge in [0.2, 0.25) is 0 Å². The molecule has 0 aliphatic carbocycles. The highest BCUT2D eigenvalue weighted by molar-refractivity contribution is 5.14. The van der Waals surface area contributed by atoms with Gasteiger partial charge in [0.25, 0.3) is 0 Å². The van der Waals surface area contributed by atoms with E-state index in [0.717, 1.165) is 23.6 Å². The Morgan fingerprint density at radius 1 is 1.36 bits per heavy atom. The summed E-state index contributed by atoms with van der Waals surface area (Å²) < 4.78 is 0. The average Bonchev–Trinajstić information content (AvgIpc) is 2.46. The molecule has 0 aliphatic rings. The summed E-state index contributed by atoms with van der Waals surface area (Å²) >= 11 is 0. The molecular weight excluding hydrogens is 140 g/mol. The van der Waals surface area contributed by atoms with Gasteiger partial charge in [-0.2, -0.15) is 0 Å². The molecule has 0 aromatic carbocycles. The first kappa shape index (κ1) is 8.23. The van der Waals surface area contributed by atoms with E-state index in [4.69, 9.17) is 11.5 Å². The Balaban J connectivity index is 2.92. The molecule has 0 radical (unpaired) electrons. The first-order valence-corrected chi connectivity index (χ1v) is 3.78. The summed E-state index contributed by atoms with van der Waals surface area (Å²) in [6, 6.07) is 0. The minimum atomic E-state index is 0.461. The Kier molecular flexibility index (Phi) is 2.62. The van der Waals surface area contributed by atoms with Gasteiger partial charge in [-0.05, 0) is 0 Å². The van der Waals surface area contributed by atoms with Gasteiger partial charge in [-0.25, -0.2) is 4.98 Å². The second-order valence-corrected chi connectivity index (χ2v) is 2.37. The van der Waals surface area contributed by atoms with Crippen molar-refractivity contribution in [2.75, 3.05) is 0 Å². The monoisotopic (exact) mass is 154 g/mol. The molecular formula is C7H14N4. The van der Waals surface area contributed by atoms with Crippen LogP contribution in [0.5, 0.6) is 0 Å². The third-order valence-corrected chi connectivity index (χ3v) is 1.65. The van der Waals surface area contributed by atoms with E-state index >= 15 is 0 Å². The standard InChI is InChI=1S/C7H14N4/c1-2-7-10-5(3-8)6(4-9)11-7/h2-4,8-9H2,1H3,(H,10,11). The number of aromatic amines is 1. The lowest BCUT2D eigenvalue weighted by molar-refractivity contribution is 0.931. The number of aromatic nitrogens is 2. The quantitative estimate of drug-likeness (QED) is 0.568. The summed E-state index contributed by atoms with van der Waals surface area (Å²) in [5.74, 6) is 0.964. The van der Waals surface area contributed by atoms with E-state index in [1.54, 1.807) is 0 Å². The fourth-order valence-electron chi connectivity index (χ4n) is 1.01. The smallest absolute Gasteiger partial charge is 0.106 e. The van der Waals surface area contributed by atoms with Gasteiger partial charge >= 0.3 is 0 Å². The van der Waals surface area contributed by atoms with Crippen LogP contribution in [0.1, 0.15) is 24.1 Å². The van der Waals surface area contributed by atoms with E-state index in [-0.39, 0.29) is 0 Å². The van der Waals surface area contributed by atoms with Gasteiger partial charge in [0.05, 0.1) is 11.4 Å². The zero-order valence-corrected chi connectivity index (χ0v) is 6.72. The third-order valence-electron chi connectivity index (χ3n) is 1.65. The van der Waals surface area contributed by atoms with Crippen molar-refractivity contribution < 1.29 is 0 Å². The summed E-state index contributed by atoms with van der Waals surface area (Å²) in [6.45, 7) is 2.99. The van der Waals surface area contributed by atoms with Gasteiger partial charge in [-0.15, -0.1) is 0 Å². The van der Waals surface area contributed by atoms with Crippen LogP contribution in [0.2, 0.25) is 0 Å². The zero-order chi connectivity index (χ0) is 8.27. The van der Waals surface area contributed by atoms with Crippen LogP contribution in [-0.2, 0) is 19.5 Å². The number of nitrogens with zero attached hydrogens (tertiary/aromatic N) is 1. The van der Waals surface area contributed by atoms with Gasteiger partial charge in [0, 0.05) is 19.5 Å². The topological polar surface area (TPSA) is 80.7 Å². The van der Waals surface area contributed by atoms with Crippen LogP contribution in [0.15, 0.2) is 0 Å². The van der Waals surface area contributed by atoms with Crippen molar-refractivity contribution in [3.63, 3.8) is 0 Å². The molecule has 1 heterocycles. The van der Waals surface area contributed by atoms with Crippen molar-refractivity contribution in [1.29, 1.82) is 0 Å². The first-order chi connectivity index (χ1) is 5.31.